The van der Waals surface area contributed by atoms with Gasteiger partial charge in [0.25, 0.3) is 5.91 Å². The SMILES string of the molecule is CC(Oc1ccccc1C(C)C)C(=O)NCc1csc(-c2ccncc2)n1. The van der Waals surface area contributed by atoms with Gasteiger partial charge >= 0.3 is 0 Å². The Balaban J connectivity index is 1.57. The van der Waals surface area contributed by atoms with Gasteiger partial charge in [0.2, 0.25) is 0 Å². The molecule has 0 spiro atoms. The van der Waals surface area contributed by atoms with Crippen molar-refractivity contribution in [3.63, 3.8) is 0 Å². The summed E-state index contributed by atoms with van der Waals surface area (Å²) < 4.78 is 5.89. The highest BCUT2D eigenvalue weighted by atomic mass is 32.1. The van der Waals surface area contributed by atoms with E-state index in [1.807, 2.05) is 41.8 Å². The third kappa shape index (κ3) is 4.92. The number of hydrogen-bond donors (Lipinski definition) is 1. The molecule has 140 valence electrons. The largest absolute Gasteiger partial charge is 0.481 e. The Labute approximate surface area is 163 Å². The van der Waals surface area contributed by atoms with E-state index in [1.165, 1.54) is 0 Å². The molecule has 3 aromatic rings. The molecule has 0 aliphatic carbocycles. The third-order valence-electron chi connectivity index (χ3n) is 4.14. The molecule has 1 atom stereocenters. The first-order valence-electron chi connectivity index (χ1n) is 8.92. The van der Waals surface area contributed by atoms with Crippen molar-refractivity contribution in [3.8, 4) is 16.3 Å². The van der Waals surface area contributed by atoms with E-state index in [1.54, 1.807) is 30.7 Å². The van der Waals surface area contributed by atoms with E-state index < -0.39 is 6.10 Å². The van der Waals surface area contributed by atoms with Crippen LogP contribution in [0.1, 0.15) is 37.9 Å². The van der Waals surface area contributed by atoms with Gasteiger partial charge in [0, 0.05) is 23.3 Å². The van der Waals surface area contributed by atoms with Gasteiger partial charge in [0.15, 0.2) is 6.10 Å². The minimum atomic E-state index is -0.580. The molecule has 0 aliphatic heterocycles. The van der Waals surface area contributed by atoms with Crippen molar-refractivity contribution in [1.29, 1.82) is 0 Å². The van der Waals surface area contributed by atoms with Crippen molar-refractivity contribution in [2.45, 2.75) is 39.3 Å². The monoisotopic (exact) mass is 381 g/mol. The van der Waals surface area contributed by atoms with Crippen LogP contribution >= 0.6 is 11.3 Å². The summed E-state index contributed by atoms with van der Waals surface area (Å²) in [6.45, 7) is 6.35. The van der Waals surface area contributed by atoms with Gasteiger partial charge in [-0.2, -0.15) is 0 Å². The second kappa shape index (κ2) is 8.77. The summed E-state index contributed by atoms with van der Waals surface area (Å²) in [4.78, 5) is 21.0. The lowest BCUT2D eigenvalue weighted by molar-refractivity contribution is -0.127. The molecule has 1 unspecified atom stereocenters. The van der Waals surface area contributed by atoms with Crippen molar-refractivity contribution in [3.05, 3.63) is 65.4 Å². The van der Waals surface area contributed by atoms with E-state index in [0.29, 0.717) is 12.5 Å². The zero-order valence-corrected chi connectivity index (χ0v) is 16.5. The summed E-state index contributed by atoms with van der Waals surface area (Å²) in [5, 5.41) is 5.77. The van der Waals surface area contributed by atoms with Gasteiger partial charge in [0.1, 0.15) is 10.8 Å². The van der Waals surface area contributed by atoms with Gasteiger partial charge in [-0.1, -0.05) is 32.0 Å². The minimum absolute atomic E-state index is 0.160. The number of pyridine rings is 1. The van der Waals surface area contributed by atoms with Crippen molar-refractivity contribution in [2.75, 3.05) is 0 Å². The molecule has 2 aromatic heterocycles. The number of carbonyl (C=O) groups excluding carboxylic acids is 1. The normalized spacial score (nSPS) is 12.0. The molecule has 6 heteroatoms. The maximum absolute atomic E-state index is 12.4. The Morgan fingerprint density at radius 3 is 2.63 bits per heavy atom. The standard InChI is InChI=1S/C21H23N3O2S/c1-14(2)18-6-4-5-7-19(18)26-15(3)20(25)23-12-17-13-27-21(24-17)16-8-10-22-11-9-16/h4-11,13-15H,12H2,1-3H3,(H,23,25). The molecule has 0 aliphatic rings. The fraction of sp³-hybridized carbons (Fsp3) is 0.286. The van der Waals surface area contributed by atoms with Gasteiger partial charge in [-0.3, -0.25) is 9.78 Å². The highest BCUT2D eigenvalue weighted by Gasteiger charge is 2.17. The Bertz CT molecular complexity index is 893. The molecule has 0 fully saturated rings. The Morgan fingerprint density at radius 2 is 1.89 bits per heavy atom. The number of nitrogens with one attached hydrogen (secondary N) is 1. The van der Waals surface area contributed by atoms with Crippen LogP contribution in [-0.2, 0) is 11.3 Å². The van der Waals surface area contributed by atoms with Crippen LogP contribution in [0.25, 0.3) is 10.6 Å². The third-order valence-corrected chi connectivity index (χ3v) is 5.08. The maximum atomic E-state index is 12.4. The number of hydrogen-bond acceptors (Lipinski definition) is 5. The first kappa shape index (κ1) is 19.0. The van der Waals surface area contributed by atoms with Crippen molar-refractivity contribution in [1.82, 2.24) is 15.3 Å². The number of amides is 1. The topological polar surface area (TPSA) is 64.1 Å². The molecular formula is C21H23N3O2S. The van der Waals surface area contributed by atoms with Gasteiger partial charge in [-0.05, 0) is 36.6 Å². The number of ether oxygens (including phenoxy) is 1. The van der Waals surface area contributed by atoms with Gasteiger partial charge < -0.3 is 10.1 Å². The summed E-state index contributed by atoms with van der Waals surface area (Å²) in [6, 6.07) is 11.7. The quantitative estimate of drug-likeness (QED) is 0.658. The van der Waals surface area contributed by atoms with Crippen molar-refractivity contribution >= 4 is 17.2 Å². The first-order chi connectivity index (χ1) is 13.0. The smallest absolute Gasteiger partial charge is 0.261 e. The number of benzene rings is 1. The van der Waals surface area contributed by atoms with Gasteiger partial charge in [-0.25, -0.2) is 4.98 Å². The van der Waals surface area contributed by atoms with Crippen LogP contribution in [0.2, 0.25) is 0 Å². The van der Waals surface area contributed by atoms with E-state index in [4.69, 9.17) is 4.74 Å². The van der Waals surface area contributed by atoms with E-state index in [2.05, 4.69) is 29.1 Å². The molecule has 1 amide bonds. The Hall–Kier alpha value is -2.73. The Morgan fingerprint density at radius 1 is 1.15 bits per heavy atom. The lowest BCUT2D eigenvalue weighted by atomic mass is 10.0. The minimum Gasteiger partial charge on any atom is -0.481 e. The second-order valence-corrected chi connectivity index (χ2v) is 7.41. The summed E-state index contributed by atoms with van der Waals surface area (Å²) >= 11 is 1.55. The first-order valence-corrected chi connectivity index (χ1v) is 9.80. The molecule has 1 N–H and O–H groups in total. The van der Waals surface area contributed by atoms with E-state index >= 15 is 0 Å². The van der Waals surface area contributed by atoms with Crippen LogP contribution in [0.3, 0.4) is 0 Å². The van der Waals surface area contributed by atoms with Crippen LogP contribution in [-0.4, -0.2) is 22.0 Å². The predicted octanol–water partition coefficient (Wildman–Crippen LogP) is 4.41. The lowest BCUT2D eigenvalue weighted by Gasteiger charge is -2.18. The molecule has 5 nitrogen and oxygen atoms in total. The zero-order valence-electron chi connectivity index (χ0n) is 15.7. The Kier molecular flexibility index (Phi) is 6.19. The van der Waals surface area contributed by atoms with Crippen molar-refractivity contribution < 1.29 is 9.53 Å². The van der Waals surface area contributed by atoms with Crippen LogP contribution in [0.15, 0.2) is 54.2 Å². The predicted molar refractivity (Wildman–Crippen MR) is 108 cm³/mol. The van der Waals surface area contributed by atoms with Crippen LogP contribution in [0, 0.1) is 0 Å². The van der Waals surface area contributed by atoms with E-state index in [0.717, 1.165) is 27.6 Å². The highest BCUT2D eigenvalue weighted by molar-refractivity contribution is 7.13. The zero-order chi connectivity index (χ0) is 19.2. The van der Waals surface area contributed by atoms with Crippen LogP contribution < -0.4 is 10.1 Å². The number of para-hydroxylation sites is 1. The summed E-state index contributed by atoms with van der Waals surface area (Å²) in [6.07, 6.45) is 2.90. The fourth-order valence-electron chi connectivity index (χ4n) is 2.65. The lowest BCUT2D eigenvalue weighted by Crippen LogP contribution is -2.36. The number of aromatic nitrogens is 2. The van der Waals surface area contributed by atoms with Crippen LogP contribution in [0.5, 0.6) is 5.75 Å². The molecular weight excluding hydrogens is 358 g/mol. The number of carbonyl (C=O) groups is 1. The molecule has 0 radical (unpaired) electrons. The summed E-state index contributed by atoms with van der Waals surface area (Å²) in [5.41, 5.74) is 2.95. The molecule has 3 rings (SSSR count). The van der Waals surface area contributed by atoms with Crippen LogP contribution in [0.4, 0.5) is 0 Å². The molecule has 27 heavy (non-hydrogen) atoms. The number of thiazole rings is 1. The average molecular weight is 382 g/mol. The molecule has 0 saturated carbocycles. The molecule has 1 aromatic carbocycles. The molecule has 2 heterocycles. The van der Waals surface area contributed by atoms with Crippen molar-refractivity contribution in [2.24, 2.45) is 0 Å². The summed E-state index contributed by atoms with van der Waals surface area (Å²) in [5.74, 6) is 0.925. The number of nitrogens with zero attached hydrogens (tertiary/aromatic N) is 2. The fourth-order valence-corrected chi connectivity index (χ4v) is 3.47. The highest BCUT2D eigenvalue weighted by Crippen LogP contribution is 2.27. The maximum Gasteiger partial charge on any atom is 0.261 e. The average Bonchev–Trinajstić information content (AvgIpc) is 3.16. The van der Waals surface area contributed by atoms with Gasteiger partial charge in [0.05, 0.1) is 12.2 Å². The van der Waals surface area contributed by atoms with Gasteiger partial charge in [-0.15, -0.1) is 11.3 Å². The molecule has 0 saturated heterocycles. The van der Waals surface area contributed by atoms with E-state index in [-0.39, 0.29) is 5.91 Å². The molecule has 0 bridgehead atoms. The second-order valence-electron chi connectivity index (χ2n) is 6.55. The van der Waals surface area contributed by atoms with E-state index in [9.17, 15) is 4.79 Å². The number of rotatable bonds is 7. The summed E-state index contributed by atoms with van der Waals surface area (Å²) in [7, 11) is 0.